The van der Waals surface area contributed by atoms with Crippen LogP contribution in [0, 0.1) is 0 Å². The second-order valence-corrected chi connectivity index (χ2v) is 6.76. The van der Waals surface area contributed by atoms with Crippen molar-refractivity contribution in [3.63, 3.8) is 0 Å². The fourth-order valence-electron chi connectivity index (χ4n) is 2.77. The van der Waals surface area contributed by atoms with Crippen LogP contribution in [0.2, 0.25) is 0 Å². The van der Waals surface area contributed by atoms with Gasteiger partial charge in [0.15, 0.2) is 11.6 Å². The van der Waals surface area contributed by atoms with Crippen molar-refractivity contribution < 1.29 is 42.5 Å². The number of ether oxygens (including phenoxy) is 1. The van der Waals surface area contributed by atoms with Crippen LogP contribution in [0.5, 0.6) is 11.5 Å². The number of carbonyl (C=O) groups excluding carboxylic acids is 3. The Morgan fingerprint density at radius 1 is 1.14 bits per heavy atom. The van der Waals surface area contributed by atoms with Crippen molar-refractivity contribution in [3.05, 3.63) is 46.6 Å². The number of rotatable bonds is 6. The lowest BCUT2D eigenvalue weighted by Gasteiger charge is -2.23. The van der Waals surface area contributed by atoms with Crippen molar-refractivity contribution in [2.45, 2.75) is 45.4 Å². The molecule has 0 aliphatic heterocycles. The second kappa shape index (κ2) is 8.50. The molecule has 1 aliphatic carbocycles. The number of fused-ring (bicyclic) bond motifs is 1. The molecule has 0 heterocycles. The van der Waals surface area contributed by atoms with Gasteiger partial charge in [0.2, 0.25) is 0 Å². The summed E-state index contributed by atoms with van der Waals surface area (Å²) >= 11 is 0. The minimum absolute atomic E-state index is 0.0557. The molecule has 0 radical (unpaired) electrons. The number of ketones is 2. The molecule has 1 aliphatic rings. The Morgan fingerprint density at radius 3 is 2.28 bits per heavy atom. The van der Waals surface area contributed by atoms with E-state index in [1.54, 1.807) is 19.9 Å². The van der Waals surface area contributed by atoms with Crippen LogP contribution >= 0.6 is 0 Å². The number of alkyl halides is 3. The van der Waals surface area contributed by atoms with Gasteiger partial charge < -0.3 is 14.9 Å². The van der Waals surface area contributed by atoms with Crippen molar-refractivity contribution in [2.75, 3.05) is 0 Å². The minimum Gasteiger partial charge on any atom is -0.507 e. The number of aromatic hydroxyl groups is 2. The molecular weight excluding hydrogens is 393 g/mol. The molecule has 2 N–H and O–H groups in total. The van der Waals surface area contributed by atoms with E-state index in [2.05, 4.69) is 0 Å². The van der Waals surface area contributed by atoms with Crippen LogP contribution in [-0.4, -0.2) is 40.0 Å². The van der Waals surface area contributed by atoms with E-state index in [4.69, 9.17) is 4.74 Å². The topological polar surface area (TPSA) is 101 Å². The number of phenolic OH excluding ortho intramolecular Hbond substituents is 2. The number of esters is 1. The van der Waals surface area contributed by atoms with E-state index in [0.717, 1.165) is 23.8 Å². The summed E-state index contributed by atoms with van der Waals surface area (Å²) in [5.41, 5.74) is -0.331. The zero-order chi connectivity index (χ0) is 21.9. The molecule has 0 saturated heterocycles. The summed E-state index contributed by atoms with van der Waals surface area (Å²) in [4.78, 5) is 37.1. The average Bonchev–Trinajstić information content (AvgIpc) is 2.61. The van der Waals surface area contributed by atoms with Gasteiger partial charge in [0.25, 0.3) is 0 Å². The van der Waals surface area contributed by atoms with Gasteiger partial charge in [-0.3, -0.25) is 14.4 Å². The highest BCUT2D eigenvalue weighted by atomic mass is 19.4. The summed E-state index contributed by atoms with van der Waals surface area (Å²) < 4.78 is 42.1. The van der Waals surface area contributed by atoms with Gasteiger partial charge in [-0.15, -0.1) is 0 Å². The maximum Gasteiger partial charge on any atom is 0.389 e. The van der Waals surface area contributed by atoms with Crippen LogP contribution < -0.4 is 0 Å². The van der Waals surface area contributed by atoms with Gasteiger partial charge in [-0.2, -0.15) is 13.2 Å². The Balaban J connectivity index is 2.37. The van der Waals surface area contributed by atoms with Crippen LogP contribution in [0.1, 0.15) is 53.8 Å². The quantitative estimate of drug-likeness (QED) is 0.416. The summed E-state index contributed by atoms with van der Waals surface area (Å²) in [6.07, 6.45) is -5.79. The number of hydrogen-bond donors (Lipinski definition) is 2. The molecule has 0 aromatic heterocycles. The monoisotopic (exact) mass is 412 g/mol. The number of benzene rings is 1. The van der Waals surface area contributed by atoms with Crippen LogP contribution in [-0.2, 0) is 9.53 Å². The van der Waals surface area contributed by atoms with Gasteiger partial charge in [-0.05, 0) is 32.1 Å². The minimum atomic E-state index is -4.55. The van der Waals surface area contributed by atoms with Crippen LogP contribution in [0.25, 0.3) is 0 Å². The Hall–Kier alpha value is -3.10. The molecule has 1 unspecified atom stereocenters. The molecular formula is C20H19F3O6. The summed E-state index contributed by atoms with van der Waals surface area (Å²) in [6.45, 7) is 3.45. The molecule has 0 amide bonds. The molecule has 0 fully saturated rings. The number of halogens is 3. The Labute approximate surface area is 164 Å². The highest BCUT2D eigenvalue weighted by molar-refractivity contribution is 6.27. The fourth-order valence-corrected chi connectivity index (χ4v) is 2.77. The SMILES string of the molecule is CC(C)=CCC(OC(=O)CCC(F)(F)F)C1=CC(=O)c2c(O)ccc(O)c2C1=O. The first kappa shape index (κ1) is 22.2. The molecule has 0 saturated carbocycles. The number of allylic oxidation sites excluding steroid dienone is 2. The molecule has 6 nitrogen and oxygen atoms in total. The maximum absolute atomic E-state index is 12.8. The molecule has 1 atom stereocenters. The lowest BCUT2D eigenvalue weighted by molar-refractivity contribution is -0.159. The van der Waals surface area contributed by atoms with Gasteiger partial charge >= 0.3 is 12.1 Å². The summed E-state index contributed by atoms with van der Waals surface area (Å²) in [7, 11) is 0. The van der Waals surface area contributed by atoms with Gasteiger partial charge in [0, 0.05) is 12.0 Å². The highest BCUT2D eigenvalue weighted by Gasteiger charge is 2.36. The third kappa shape index (κ3) is 5.46. The Bertz CT molecular complexity index is 908. The van der Waals surface area contributed by atoms with Crippen molar-refractivity contribution in [3.8, 4) is 11.5 Å². The smallest absolute Gasteiger partial charge is 0.389 e. The summed E-state index contributed by atoms with van der Waals surface area (Å²) in [6, 6.07) is 2.08. The molecule has 29 heavy (non-hydrogen) atoms. The number of hydrogen-bond acceptors (Lipinski definition) is 6. The molecule has 1 aromatic carbocycles. The first-order valence-electron chi connectivity index (χ1n) is 8.66. The molecule has 0 bridgehead atoms. The summed E-state index contributed by atoms with van der Waals surface area (Å²) in [5.74, 6) is -3.89. The van der Waals surface area contributed by atoms with Crippen molar-refractivity contribution in [1.29, 1.82) is 0 Å². The molecule has 9 heteroatoms. The average molecular weight is 412 g/mol. The van der Waals surface area contributed by atoms with E-state index >= 15 is 0 Å². The van der Waals surface area contributed by atoms with Crippen LogP contribution in [0.4, 0.5) is 13.2 Å². The number of carbonyl (C=O) groups is 3. The molecule has 0 spiro atoms. The van der Waals surface area contributed by atoms with Gasteiger partial charge in [-0.25, -0.2) is 0 Å². The number of phenols is 2. The molecule has 156 valence electrons. The third-order valence-electron chi connectivity index (χ3n) is 4.16. The largest absolute Gasteiger partial charge is 0.507 e. The lowest BCUT2D eigenvalue weighted by Crippen LogP contribution is -2.29. The second-order valence-electron chi connectivity index (χ2n) is 6.76. The summed E-state index contributed by atoms with van der Waals surface area (Å²) in [5, 5.41) is 19.8. The zero-order valence-corrected chi connectivity index (χ0v) is 15.7. The third-order valence-corrected chi connectivity index (χ3v) is 4.16. The van der Waals surface area contributed by atoms with Crippen molar-refractivity contribution in [1.82, 2.24) is 0 Å². The molecule has 1 aromatic rings. The zero-order valence-electron chi connectivity index (χ0n) is 15.7. The van der Waals surface area contributed by atoms with Crippen LogP contribution in [0.15, 0.2) is 35.4 Å². The van der Waals surface area contributed by atoms with E-state index in [1.807, 2.05) is 0 Å². The van der Waals surface area contributed by atoms with E-state index in [1.165, 1.54) is 0 Å². The fraction of sp³-hybridized carbons (Fsp3) is 0.350. The predicted molar refractivity (Wildman–Crippen MR) is 95.7 cm³/mol. The standard InChI is InChI=1S/C20H19F3O6/c1-10(2)3-6-15(29-16(27)7-8-20(21,22)23)11-9-14(26)17-12(24)4-5-13(25)18(17)19(11)28/h3-5,9,15,24-25H,6-8H2,1-2H3. The van der Waals surface area contributed by atoms with Gasteiger partial charge in [-0.1, -0.05) is 11.6 Å². The highest BCUT2D eigenvalue weighted by Crippen LogP contribution is 2.36. The first-order valence-corrected chi connectivity index (χ1v) is 8.66. The van der Waals surface area contributed by atoms with Crippen molar-refractivity contribution in [2.24, 2.45) is 0 Å². The predicted octanol–water partition coefficient (Wildman–Crippen LogP) is 4.01. The first-order chi connectivity index (χ1) is 13.4. The van der Waals surface area contributed by atoms with Gasteiger partial charge in [0.05, 0.1) is 24.0 Å². The van der Waals surface area contributed by atoms with E-state index in [-0.39, 0.29) is 17.6 Å². The van der Waals surface area contributed by atoms with E-state index in [0.29, 0.717) is 0 Å². The van der Waals surface area contributed by atoms with E-state index in [9.17, 15) is 37.8 Å². The lowest BCUT2D eigenvalue weighted by atomic mass is 9.85. The molecule has 2 rings (SSSR count). The van der Waals surface area contributed by atoms with Crippen molar-refractivity contribution >= 4 is 17.5 Å². The Morgan fingerprint density at radius 2 is 1.72 bits per heavy atom. The van der Waals surface area contributed by atoms with Gasteiger partial charge in [0.1, 0.15) is 17.6 Å². The maximum atomic E-state index is 12.8. The Kier molecular flexibility index (Phi) is 6.51. The van der Waals surface area contributed by atoms with Crippen LogP contribution in [0.3, 0.4) is 0 Å². The van der Waals surface area contributed by atoms with E-state index < -0.39 is 59.7 Å². The number of Topliss-reactive ketones (excluding diaryl/α,β-unsaturated/α-hetero) is 1. The normalized spacial score (nSPS) is 14.7.